The summed E-state index contributed by atoms with van der Waals surface area (Å²) in [7, 11) is 0. The van der Waals surface area contributed by atoms with Gasteiger partial charge in [-0.2, -0.15) is 5.10 Å². The molecule has 1 fully saturated rings. The molecule has 1 aliphatic heterocycles. The molecule has 0 radical (unpaired) electrons. The van der Waals surface area contributed by atoms with Crippen LogP contribution < -0.4 is 4.90 Å². The van der Waals surface area contributed by atoms with Gasteiger partial charge in [-0.15, -0.1) is 0 Å². The van der Waals surface area contributed by atoms with Gasteiger partial charge in [-0.05, 0) is 12.1 Å². The molecule has 1 unspecified atom stereocenters. The van der Waals surface area contributed by atoms with Crippen LogP contribution in [0.2, 0.25) is 0 Å². The first-order valence-corrected chi connectivity index (χ1v) is 5.49. The topological polar surface area (TPSA) is 99.2 Å². The first-order valence-electron chi connectivity index (χ1n) is 5.49. The van der Waals surface area contributed by atoms with Crippen molar-refractivity contribution in [2.45, 2.75) is 6.42 Å². The number of aromatic amines is 1. The quantitative estimate of drug-likeness (QED) is 0.798. The Balaban J connectivity index is 2.00. The number of anilines is 1. The van der Waals surface area contributed by atoms with Gasteiger partial charge in [-0.3, -0.25) is 19.6 Å². The second-order valence-corrected chi connectivity index (χ2v) is 4.19. The van der Waals surface area contributed by atoms with E-state index in [2.05, 4.69) is 15.2 Å². The Hall–Kier alpha value is -2.44. The number of nitrogens with zero attached hydrogens (tertiary/aromatic N) is 3. The first kappa shape index (κ1) is 10.7. The summed E-state index contributed by atoms with van der Waals surface area (Å²) in [5.41, 5.74) is 0.582. The summed E-state index contributed by atoms with van der Waals surface area (Å²) in [5.74, 6) is -1.39. The number of hydrogen-bond acceptors (Lipinski definition) is 4. The Bertz CT molecular complexity index is 636. The van der Waals surface area contributed by atoms with Crippen LogP contribution in [0.4, 0.5) is 5.82 Å². The summed E-state index contributed by atoms with van der Waals surface area (Å²) in [4.78, 5) is 28.2. The average Bonchev–Trinajstić information content (AvgIpc) is 2.92. The molecule has 0 aromatic carbocycles. The molecule has 3 rings (SSSR count). The van der Waals surface area contributed by atoms with Crippen molar-refractivity contribution in [1.82, 2.24) is 15.2 Å². The molecule has 0 saturated carbocycles. The maximum Gasteiger partial charge on any atom is 0.308 e. The number of fused-ring (bicyclic) bond motifs is 1. The third kappa shape index (κ3) is 1.52. The third-order valence-corrected chi connectivity index (χ3v) is 3.05. The van der Waals surface area contributed by atoms with Crippen LogP contribution in [0.3, 0.4) is 0 Å². The molecule has 2 aromatic heterocycles. The Kier molecular flexibility index (Phi) is 2.26. The van der Waals surface area contributed by atoms with Crippen LogP contribution in [-0.4, -0.2) is 38.7 Å². The second kappa shape index (κ2) is 3.80. The van der Waals surface area contributed by atoms with E-state index in [0.29, 0.717) is 11.5 Å². The summed E-state index contributed by atoms with van der Waals surface area (Å²) in [6, 6.07) is 3.54. The number of carboxylic acid groups (broad SMARTS) is 1. The molecular formula is C11H10N4O3. The Morgan fingerprint density at radius 1 is 1.56 bits per heavy atom. The Morgan fingerprint density at radius 3 is 3.11 bits per heavy atom. The van der Waals surface area contributed by atoms with E-state index < -0.39 is 11.9 Å². The van der Waals surface area contributed by atoms with Crippen molar-refractivity contribution >= 4 is 28.7 Å². The number of aromatic nitrogens is 3. The molecule has 0 spiro atoms. The van der Waals surface area contributed by atoms with Gasteiger partial charge in [-0.1, -0.05) is 0 Å². The van der Waals surface area contributed by atoms with Crippen molar-refractivity contribution in [2.75, 3.05) is 11.4 Å². The fraction of sp³-hybridized carbons (Fsp3) is 0.273. The number of nitrogens with one attached hydrogen (secondary N) is 1. The van der Waals surface area contributed by atoms with Crippen molar-refractivity contribution in [2.24, 2.45) is 5.92 Å². The minimum absolute atomic E-state index is 0.0178. The molecule has 2 N–H and O–H groups in total. The van der Waals surface area contributed by atoms with Gasteiger partial charge >= 0.3 is 5.97 Å². The van der Waals surface area contributed by atoms with E-state index in [1.165, 1.54) is 4.90 Å². The smallest absolute Gasteiger partial charge is 0.308 e. The lowest BCUT2D eigenvalue weighted by Gasteiger charge is -2.12. The van der Waals surface area contributed by atoms with E-state index in [1.54, 1.807) is 18.3 Å². The van der Waals surface area contributed by atoms with Gasteiger partial charge in [0.25, 0.3) is 0 Å². The molecule has 0 bridgehead atoms. The molecule has 92 valence electrons. The summed E-state index contributed by atoms with van der Waals surface area (Å²) in [6.45, 7) is 0.156. The Morgan fingerprint density at radius 2 is 2.39 bits per heavy atom. The minimum Gasteiger partial charge on any atom is -0.481 e. The molecule has 18 heavy (non-hydrogen) atoms. The molecule has 1 atom stereocenters. The highest BCUT2D eigenvalue weighted by Crippen LogP contribution is 2.28. The third-order valence-electron chi connectivity index (χ3n) is 3.05. The van der Waals surface area contributed by atoms with E-state index >= 15 is 0 Å². The zero-order valence-electron chi connectivity index (χ0n) is 9.33. The predicted molar refractivity (Wildman–Crippen MR) is 62.0 cm³/mol. The number of rotatable bonds is 2. The van der Waals surface area contributed by atoms with Crippen LogP contribution in [0.15, 0.2) is 18.3 Å². The van der Waals surface area contributed by atoms with Gasteiger partial charge in [0.2, 0.25) is 5.91 Å². The van der Waals surface area contributed by atoms with Crippen molar-refractivity contribution in [1.29, 1.82) is 0 Å². The number of amides is 1. The fourth-order valence-electron chi connectivity index (χ4n) is 2.12. The number of aliphatic carboxylic acids is 1. The number of H-pyrrole nitrogens is 1. The predicted octanol–water partition coefficient (Wildman–Crippen LogP) is 0.395. The highest BCUT2D eigenvalue weighted by Gasteiger charge is 2.36. The SMILES string of the molecule is O=C(O)C1CC(=O)N(c2n[nH]c3ncccc23)C1. The van der Waals surface area contributed by atoms with Crippen LogP contribution in [0.5, 0.6) is 0 Å². The van der Waals surface area contributed by atoms with Gasteiger partial charge in [0.15, 0.2) is 11.5 Å². The van der Waals surface area contributed by atoms with Gasteiger partial charge in [0, 0.05) is 19.2 Å². The Labute approximate surface area is 101 Å². The van der Waals surface area contributed by atoms with Crippen LogP contribution in [-0.2, 0) is 9.59 Å². The van der Waals surface area contributed by atoms with Crippen LogP contribution in [0.25, 0.3) is 11.0 Å². The molecule has 1 amide bonds. The maximum absolute atomic E-state index is 11.8. The van der Waals surface area contributed by atoms with Crippen molar-refractivity contribution in [3.8, 4) is 0 Å². The summed E-state index contributed by atoms with van der Waals surface area (Å²) in [5, 5.41) is 16.4. The molecule has 3 heterocycles. The molecule has 0 aliphatic carbocycles. The summed E-state index contributed by atoms with van der Waals surface area (Å²) in [6.07, 6.45) is 1.64. The second-order valence-electron chi connectivity index (χ2n) is 4.19. The van der Waals surface area contributed by atoms with Crippen LogP contribution in [0.1, 0.15) is 6.42 Å². The molecule has 2 aromatic rings. The van der Waals surface area contributed by atoms with E-state index in [1.807, 2.05) is 0 Å². The molecule has 7 nitrogen and oxygen atoms in total. The summed E-state index contributed by atoms with van der Waals surface area (Å²) < 4.78 is 0. The lowest BCUT2D eigenvalue weighted by molar-refractivity contribution is -0.141. The largest absolute Gasteiger partial charge is 0.481 e. The number of hydrogen-bond donors (Lipinski definition) is 2. The van der Waals surface area contributed by atoms with Crippen LogP contribution in [0, 0.1) is 5.92 Å². The molecule has 1 saturated heterocycles. The highest BCUT2D eigenvalue weighted by atomic mass is 16.4. The van der Waals surface area contributed by atoms with E-state index in [9.17, 15) is 9.59 Å². The van der Waals surface area contributed by atoms with Gasteiger partial charge < -0.3 is 5.11 Å². The number of pyridine rings is 1. The standard InChI is InChI=1S/C11H10N4O3/c16-8-4-6(11(17)18)5-15(8)10-7-2-1-3-12-9(7)13-14-10/h1-3,6H,4-5H2,(H,17,18)(H,12,13,14). The lowest BCUT2D eigenvalue weighted by Crippen LogP contribution is -2.26. The summed E-state index contributed by atoms with van der Waals surface area (Å²) >= 11 is 0. The minimum atomic E-state index is -0.955. The van der Waals surface area contributed by atoms with Gasteiger partial charge in [0.05, 0.1) is 11.3 Å². The molecular weight excluding hydrogens is 236 g/mol. The monoisotopic (exact) mass is 246 g/mol. The zero-order valence-corrected chi connectivity index (χ0v) is 9.33. The van der Waals surface area contributed by atoms with E-state index in [4.69, 9.17) is 5.11 Å². The molecule has 7 heteroatoms. The fourth-order valence-corrected chi connectivity index (χ4v) is 2.12. The maximum atomic E-state index is 11.8. The molecule has 1 aliphatic rings. The van der Waals surface area contributed by atoms with Crippen molar-refractivity contribution in [3.63, 3.8) is 0 Å². The average molecular weight is 246 g/mol. The highest BCUT2D eigenvalue weighted by molar-refractivity contribution is 6.04. The number of carbonyl (C=O) groups is 2. The van der Waals surface area contributed by atoms with E-state index in [0.717, 1.165) is 5.39 Å². The van der Waals surface area contributed by atoms with Crippen LogP contribution >= 0.6 is 0 Å². The normalized spacial score (nSPS) is 19.7. The zero-order chi connectivity index (χ0) is 12.7. The lowest BCUT2D eigenvalue weighted by atomic mass is 10.1. The van der Waals surface area contributed by atoms with Crippen molar-refractivity contribution < 1.29 is 14.7 Å². The first-order chi connectivity index (χ1) is 8.66. The van der Waals surface area contributed by atoms with Crippen molar-refractivity contribution in [3.05, 3.63) is 18.3 Å². The van der Waals surface area contributed by atoms with Gasteiger partial charge in [0.1, 0.15) is 0 Å². The van der Waals surface area contributed by atoms with Gasteiger partial charge in [-0.25, -0.2) is 4.98 Å². The number of carboxylic acids is 1. The number of carbonyl (C=O) groups excluding carboxylic acids is 1. The van der Waals surface area contributed by atoms with E-state index in [-0.39, 0.29) is 18.9 Å².